The van der Waals surface area contributed by atoms with Gasteiger partial charge in [0.1, 0.15) is 0 Å². The molecule has 0 aromatic carbocycles. The van der Waals surface area contributed by atoms with Crippen molar-refractivity contribution in [1.82, 2.24) is 20.8 Å². The first-order valence-electron chi connectivity index (χ1n) is 7.84. The number of thiophene rings is 1. The fourth-order valence-electron chi connectivity index (χ4n) is 2.83. The topological polar surface area (TPSA) is 69.8 Å². The molecule has 1 fully saturated rings. The Morgan fingerprint density at radius 1 is 1.50 bits per heavy atom. The van der Waals surface area contributed by atoms with Gasteiger partial charge in [-0.15, -0.1) is 11.3 Å². The van der Waals surface area contributed by atoms with Crippen molar-refractivity contribution in [3.63, 3.8) is 0 Å². The highest BCUT2D eigenvalue weighted by molar-refractivity contribution is 7.13. The van der Waals surface area contributed by atoms with Gasteiger partial charge in [0.25, 0.3) is 0 Å². The molecular formula is C16H22N4OS. The Morgan fingerprint density at radius 2 is 2.32 bits per heavy atom. The van der Waals surface area contributed by atoms with Crippen LogP contribution >= 0.6 is 11.3 Å². The predicted octanol–water partition coefficient (Wildman–Crippen LogP) is 2.68. The lowest BCUT2D eigenvalue weighted by Gasteiger charge is -2.17. The summed E-state index contributed by atoms with van der Waals surface area (Å²) in [5, 5.41) is 15.6. The number of aromatic amines is 1. The lowest BCUT2D eigenvalue weighted by molar-refractivity contribution is -0.123. The molecule has 22 heavy (non-hydrogen) atoms. The summed E-state index contributed by atoms with van der Waals surface area (Å²) in [6, 6.07) is 4.26. The standard InChI is InChI=1S/C16H22N4OS/c1-11(16(21)19-13-5-2-3-6-13)17-9-12-10-18-20-15(12)14-7-4-8-22-14/h4,7-8,10-11,13,17H,2-3,5-6,9H2,1H3,(H,18,20)(H,19,21)/t11-/m0/s1. The van der Waals surface area contributed by atoms with E-state index in [1.165, 1.54) is 12.8 Å². The van der Waals surface area contributed by atoms with Crippen LogP contribution in [0.25, 0.3) is 10.6 Å². The highest BCUT2D eigenvalue weighted by Crippen LogP contribution is 2.25. The molecule has 3 N–H and O–H groups in total. The third-order valence-electron chi connectivity index (χ3n) is 4.18. The average molecular weight is 318 g/mol. The number of nitrogens with one attached hydrogen (secondary N) is 3. The van der Waals surface area contributed by atoms with Crippen LogP contribution in [0.5, 0.6) is 0 Å². The van der Waals surface area contributed by atoms with Gasteiger partial charge in [-0.2, -0.15) is 5.10 Å². The summed E-state index contributed by atoms with van der Waals surface area (Å²) in [7, 11) is 0. The zero-order valence-corrected chi connectivity index (χ0v) is 13.6. The van der Waals surface area contributed by atoms with Crippen LogP contribution in [0, 0.1) is 0 Å². The highest BCUT2D eigenvalue weighted by Gasteiger charge is 2.20. The van der Waals surface area contributed by atoms with Crippen LogP contribution in [0.2, 0.25) is 0 Å². The maximum Gasteiger partial charge on any atom is 0.237 e. The molecule has 6 heteroatoms. The second-order valence-electron chi connectivity index (χ2n) is 5.84. The van der Waals surface area contributed by atoms with E-state index in [2.05, 4.69) is 26.9 Å². The number of carbonyl (C=O) groups is 1. The molecule has 118 valence electrons. The van der Waals surface area contributed by atoms with Gasteiger partial charge >= 0.3 is 0 Å². The van der Waals surface area contributed by atoms with Crippen molar-refractivity contribution >= 4 is 17.2 Å². The van der Waals surface area contributed by atoms with E-state index < -0.39 is 0 Å². The molecule has 1 atom stereocenters. The fraction of sp³-hybridized carbons (Fsp3) is 0.500. The molecular weight excluding hydrogens is 296 g/mol. The summed E-state index contributed by atoms with van der Waals surface area (Å²) in [5.74, 6) is 0.0908. The van der Waals surface area contributed by atoms with E-state index in [1.54, 1.807) is 11.3 Å². The van der Waals surface area contributed by atoms with Gasteiger partial charge in [0.2, 0.25) is 5.91 Å². The van der Waals surface area contributed by atoms with Crippen molar-refractivity contribution in [2.24, 2.45) is 0 Å². The van der Waals surface area contributed by atoms with E-state index in [4.69, 9.17) is 0 Å². The predicted molar refractivity (Wildman–Crippen MR) is 88.6 cm³/mol. The minimum absolute atomic E-state index is 0.0908. The van der Waals surface area contributed by atoms with Crippen LogP contribution in [0.4, 0.5) is 0 Å². The van der Waals surface area contributed by atoms with Gasteiger partial charge in [0.05, 0.1) is 22.8 Å². The maximum atomic E-state index is 12.2. The maximum absolute atomic E-state index is 12.2. The number of hydrogen-bond donors (Lipinski definition) is 3. The Bertz CT molecular complexity index is 601. The van der Waals surface area contributed by atoms with E-state index in [9.17, 15) is 4.79 Å². The third kappa shape index (κ3) is 3.56. The molecule has 1 amide bonds. The van der Waals surface area contributed by atoms with Gasteiger partial charge in [-0.05, 0) is 31.2 Å². The van der Waals surface area contributed by atoms with Crippen molar-refractivity contribution in [2.75, 3.05) is 0 Å². The lowest BCUT2D eigenvalue weighted by Crippen LogP contribution is -2.45. The Labute approximate surface area is 134 Å². The molecule has 0 aliphatic heterocycles. The summed E-state index contributed by atoms with van der Waals surface area (Å²) < 4.78 is 0. The number of rotatable bonds is 6. The zero-order chi connectivity index (χ0) is 15.4. The summed E-state index contributed by atoms with van der Waals surface area (Å²) in [6.45, 7) is 2.54. The molecule has 1 aliphatic rings. The first kappa shape index (κ1) is 15.2. The molecule has 1 saturated carbocycles. The highest BCUT2D eigenvalue weighted by atomic mass is 32.1. The largest absolute Gasteiger partial charge is 0.352 e. The van der Waals surface area contributed by atoms with Crippen molar-refractivity contribution in [1.29, 1.82) is 0 Å². The number of carbonyl (C=O) groups excluding carboxylic acids is 1. The molecule has 0 unspecified atom stereocenters. The van der Waals surface area contributed by atoms with Gasteiger partial charge in [0, 0.05) is 18.2 Å². The van der Waals surface area contributed by atoms with E-state index in [0.717, 1.165) is 29.0 Å². The van der Waals surface area contributed by atoms with E-state index in [0.29, 0.717) is 12.6 Å². The minimum atomic E-state index is -0.202. The smallest absolute Gasteiger partial charge is 0.237 e. The molecule has 2 aromatic rings. The molecule has 1 aliphatic carbocycles. The normalized spacial score (nSPS) is 16.8. The summed E-state index contributed by atoms with van der Waals surface area (Å²) >= 11 is 1.68. The second kappa shape index (κ2) is 7.07. The molecule has 0 saturated heterocycles. The Kier molecular flexibility index (Phi) is 4.90. The zero-order valence-electron chi connectivity index (χ0n) is 12.8. The monoisotopic (exact) mass is 318 g/mol. The molecule has 0 radical (unpaired) electrons. The van der Waals surface area contributed by atoms with Crippen LogP contribution in [0.3, 0.4) is 0 Å². The number of amides is 1. The quantitative estimate of drug-likeness (QED) is 0.767. The van der Waals surface area contributed by atoms with Crippen molar-refractivity contribution in [3.8, 4) is 10.6 Å². The van der Waals surface area contributed by atoms with Crippen molar-refractivity contribution in [2.45, 2.75) is 51.2 Å². The van der Waals surface area contributed by atoms with Gasteiger partial charge < -0.3 is 10.6 Å². The molecule has 5 nitrogen and oxygen atoms in total. The van der Waals surface area contributed by atoms with Gasteiger partial charge in [-0.25, -0.2) is 0 Å². The Hall–Kier alpha value is -1.66. The van der Waals surface area contributed by atoms with Crippen LogP contribution in [-0.4, -0.2) is 28.2 Å². The van der Waals surface area contributed by atoms with Crippen molar-refractivity contribution < 1.29 is 4.79 Å². The molecule has 3 rings (SSSR count). The number of hydrogen-bond acceptors (Lipinski definition) is 4. The second-order valence-corrected chi connectivity index (χ2v) is 6.79. The van der Waals surface area contributed by atoms with Gasteiger partial charge in [-0.1, -0.05) is 18.9 Å². The lowest BCUT2D eigenvalue weighted by atomic mass is 10.2. The van der Waals surface area contributed by atoms with Crippen LogP contribution in [-0.2, 0) is 11.3 Å². The van der Waals surface area contributed by atoms with E-state index in [-0.39, 0.29) is 11.9 Å². The minimum Gasteiger partial charge on any atom is -0.352 e. The molecule has 0 bridgehead atoms. The summed E-state index contributed by atoms with van der Waals surface area (Å²) in [5.41, 5.74) is 2.12. The summed E-state index contributed by atoms with van der Waals surface area (Å²) in [4.78, 5) is 13.3. The van der Waals surface area contributed by atoms with Crippen LogP contribution in [0.1, 0.15) is 38.2 Å². The first-order valence-corrected chi connectivity index (χ1v) is 8.72. The van der Waals surface area contributed by atoms with Crippen LogP contribution in [0.15, 0.2) is 23.7 Å². The average Bonchev–Trinajstić information content (AvgIpc) is 3.25. The number of H-pyrrole nitrogens is 1. The molecule has 2 aromatic heterocycles. The van der Waals surface area contributed by atoms with E-state index >= 15 is 0 Å². The fourth-order valence-corrected chi connectivity index (χ4v) is 3.59. The Balaban J connectivity index is 1.54. The number of aromatic nitrogens is 2. The molecule has 0 spiro atoms. The number of nitrogens with zero attached hydrogens (tertiary/aromatic N) is 1. The third-order valence-corrected chi connectivity index (χ3v) is 5.07. The van der Waals surface area contributed by atoms with Gasteiger partial charge in [0.15, 0.2) is 0 Å². The van der Waals surface area contributed by atoms with E-state index in [1.807, 2.05) is 24.6 Å². The SMILES string of the molecule is C[C@H](NCc1cn[nH]c1-c1cccs1)C(=O)NC1CCCC1. The first-order chi connectivity index (χ1) is 10.7. The van der Waals surface area contributed by atoms with Gasteiger partial charge in [-0.3, -0.25) is 9.89 Å². The molecule has 2 heterocycles. The summed E-state index contributed by atoms with van der Waals surface area (Å²) in [6.07, 6.45) is 6.51. The Morgan fingerprint density at radius 3 is 3.05 bits per heavy atom. The van der Waals surface area contributed by atoms with Crippen LogP contribution < -0.4 is 10.6 Å². The van der Waals surface area contributed by atoms with Crippen molar-refractivity contribution in [3.05, 3.63) is 29.3 Å².